The number of aromatic nitrogens is 2. The predicted octanol–water partition coefficient (Wildman–Crippen LogP) is 3.56. The molecular formula is C22H24N4O2S2. The summed E-state index contributed by atoms with van der Waals surface area (Å²) >= 11 is 6.56. The zero-order valence-electron chi connectivity index (χ0n) is 17.1. The summed E-state index contributed by atoms with van der Waals surface area (Å²) in [7, 11) is 0. The number of thioether (sulfide) groups is 1. The molecule has 30 heavy (non-hydrogen) atoms. The van der Waals surface area contributed by atoms with Crippen molar-refractivity contribution < 1.29 is 4.79 Å². The summed E-state index contributed by atoms with van der Waals surface area (Å²) < 4.78 is 2.00. The molecule has 8 heteroatoms. The lowest BCUT2D eigenvalue weighted by Crippen LogP contribution is -2.40. The number of anilines is 1. The molecule has 6 nitrogen and oxygen atoms in total. The van der Waals surface area contributed by atoms with Crippen LogP contribution in [0.1, 0.15) is 25.8 Å². The number of hydrogen-bond acceptors (Lipinski definition) is 6. The Morgan fingerprint density at radius 2 is 2.00 bits per heavy atom. The van der Waals surface area contributed by atoms with Crippen LogP contribution in [0.3, 0.4) is 0 Å². The van der Waals surface area contributed by atoms with E-state index in [1.54, 1.807) is 24.4 Å². The van der Waals surface area contributed by atoms with Crippen LogP contribution in [0.25, 0.3) is 11.7 Å². The summed E-state index contributed by atoms with van der Waals surface area (Å²) in [6.07, 6.45) is 6.16. The van der Waals surface area contributed by atoms with Crippen molar-refractivity contribution in [1.82, 2.24) is 14.3 Å². The highest BCUT2D eigenvalue weighted by molar-refractivity contribution is 8.26. The fraction of sp³-hybridized carbons (Fsp3) is 0.364. The summed E-state index contributed by atoms with van der Waals surface area (Å²) in [5, 5.41) is 0. The Bertz CT molecular complexity index is 1110. The highest BCUT2D eigenvalue weighted by atomic mass is 32.2. The third kappa shape index (κ3) is 3.81. The van der Waals surface area contributed by atoms with E-state index in [4.69, 9.17) is 17.2 Å². The molecule has 2 aromatic heterocycles. The number of amides is 1. The molecule has 156 valence electrons. The second-order valence-corrected chi connectivity index (χ2v) is 9.69. The van der Waals surface area contributed by atoms with Crippen molar-refractivity contribution in [3.63, 3.8) is 0 Å². The molecule has 2 aliphatic rings. The SMILES string of the molecule is C=CCN1C(=O)/C(=C\c2c(N3C[C@H](C)C[C@H](C)C3)nc3ccccn3c2=O)SC1=S. The van der Waals surface area contributed by atoms with E-state index in [0.29, 0.717) is 44.6 Å². The molecule has 0 radical (unpaired) electrons. The summed E-state index contributed by atoms with van der Waals surface area (Å²) in [5.41, 5.74) is 0.842. The van der Waals surface area contributed by atoms with Gasteiger partial charge in [0.2, 0.25) is 0 Å². The molecule has 4 heterocycles. The normalized spacial score (nSPS) is 23.6. The molecule has 0 unspecified atom stereocenters. The highest BCUT2D eigenvalue weighted by Gasteiger charge is 2.32. The Hall–Kier alpha value is -2.45. The Morgan fingerprint density at radius 3 is 2.70 bits per heavy atom. The molecule has 2 atom stereocenters. The average Bonchev–Trinajstić information content (AvgIpc) is 2.97. The molecule has 0 aromatic carbocycles. The Labute approximate surface area is 185 Å². The predicted molar refractivity (Wildman–Crippen MR) is 127 cm³/mol. The van der Waals surface area contributed by atoms with E-state index in [1.165, 1.54) is 21.1 Å². The van der Waals surface area contributed by atoms with E-state index in [9.17, 15) is 9.59 Å². The van der Waals surface area contributed by atoms with Gasteiger partial charge in [-0.25, -0.2) is 4.98 Å². The number of fused-ring (bicyclic) bond motifs is 1. The zero-order chi connectivity index (χ0) is 21.4. The minimum Gasteiger partial charge on any atom is -0.355 e. The van der Waals surface area contributed by atoms with E-state index >= 15 is 0 Å². The van der Waals surface area contributed by atoms with Crippen LogP contribution in [0.4, 0.5) is 5.82 Å². The minimum atomic E-state index is -0.200. The van der Waals surface area contributed by atoms with Gasteiger partial charge in [-0.3, -0.25) is 18.9 Å². The maximum absolute atomic E-state index is 13.4. The first kappa shape index (κ1) is 20.8. The van der Waals surface area contributed by atoms with Crippen LogP contribution in [0, 0.1) is 11.8 Å². The van der Waals surface area contributed by atoms with Crippen LogP contribution in [0.5, 0.6) is 0 Å². The van der Waals surface area contributed by atoms with Gasteiger partial charge in [0.15, 0.2) is 0 Å². The van der Waals surface area contributed by atoms with E-state index < -0.39 is 0 Å². The van der Waals surface area contributed by atoms with E-state index in [2.05, 4.69) is 25.3 Å². The minimum absolute atomic E-state index is 0.185. The number of pyridine rings is 1. The first-order chi connectivity index (χ1) is 14.4. The number of piperidine rings is 1. The van der Waals surface area contributed by atoms with E-state index in [1.807, 2.05) is 12.1 Å². The van der Waals surface area contributed by atoms with Crippen molar-refractivity contribution in [3.8, 4) is 0 Å². The lowest BCUT2D eigenvalue weighted by molar-refractivity contribution is -0.121. The fourth-order valence-corrected chi connectivity index (χ4v) is 5.47. The van der Waals surface area contributed by atoms with Crippen molar-refractivity contribution in [2.75, 3.05) is 24.5 Å². The van der Waals surface area contributed by atoms with Gasteiger partial charge in [0.05, 0.1) is 10.5 Å². The Balaban J connectivity index is 1.87. The van der Waals surface area contributed by atoms with Crippen LogP contribution >= 0.6 is 24.0 Å². The van der Waals surface area contributed by atoms with Crippen molar-refractivity contribution in [2.45, 2.75) is 20.3 Å². The number of carbonyl (C=O) groups excluding carboxylic acids is 1. The van der Waals surface area contributed by atoms with Gasteiger partial charge in [-0.1, -0.05) is 50.0 Å². The number of hydrogen-bond donors (Lipinski definition) is 0. The molecule has 1 amide bonds. The number of thiocarbonyl (C=S) groups is 1. The molecule has 0 aliphatic carbocycles. The number of carbonyl (C=O) groups is 1. The van der Waals surface area contributed by atoms with Gasteiger partial charge < -0.3 is 4.90 Å². The van der Waals surface area contributed by atoms with E-state index in [-0.39, 0.29) is 11.5 Å². The molecule has 2 aromatic rings. The van der Waals surface area contributed by atoms with Crippen molar-refractivity contribution in [1.29, 1.82) is 0 Å². The van der Waals surface area contributed by atoms with Crippen molar-refractivity contribution in [3.05, 3.63) is 57.9 Å². The van der Waals surface area contributed by atoms with Gasteiger partial charge in [-0.15, -0.1) is 6.58 Å². The lowest BCUT2D eigenvalue weighted by Gasteiger charge is -2.36. The van der Waals surface area contributed by atoms with Gasteiger partial charge in [0, 0.05) is 25.8 Å². The third-order valence-electron chi connectivity index (χ3n) is 5.38. The van der Waals surface area contributed by atoms with Gasteiger partial charge in [-0.05, 0) is 36.5 Å². The topological polar surface area (TPSA) is 57.9 Å². The largest absolute Gasteiger partial charge is 0.355 e. The number of rotatable bonds is 4. The van der Waals surface area contributed by atoms with Gasteiger partial charge in [0.25, 0.3) is 11.5 Å². The summed E-state index contributed by atoms with van der Waals surface area (Å²) in [6, 6.07) is 5.50. The molecule has 2 fully saturated rings. The summed E-state index contributed by atoms with van der Waals surface area (Å²) in [4.78, 5) is 35.2. The van der Waals surface area contributed by atoms with Crippen LogP contribution in [0.15, 0.2) is 46.8 Å². The summed E-state index contributed by atoms with van der Waals surface area (Å²) in [6.45, 7) is 10.1. The van der Waals surface area contributed by atoms with Crippen molar-refractivity contribution in [2.24, 2.45) is 11.8 Å². The van der Waals surface area contributed by atoms with Gasteiger partial charge >= 0.3 is 0 Å². The average molecular weight is 441 g/mol. The Kier molecular flexibility index (Phi) is 5.79. The first-order valence-electron chi connectivity index (χ1n) is 10.0. The standard InChI is InChI=1S/C22H24N4O2S2/c1-4-8-26-21(28)17(30-22(26)29)11-16-19(24-12-14(2)10-15(3)13-24)23-18-7-5-6-9-25(18)20(16)27/h4-7,9,11,14-15H,1,8,10,12-13H2,2-3H3/b17-11+/t14-,15+. The second kappa shape index (κ2) is 8.35. The Morgan fingerprint density at radius 1 is 1.27 bits per heavy atom. The third-order valence-corrected chi connectivity index (χ3v) is 6.76. The van der Waals surface area contributed by atoms with Crippen LogP contribution in [0.2, 0.25) is 0 Å². The molecule has 0 bridgehead atoms. The maximum Gasteiger partial charge on any atom is 0.267 e. The summed E-state index contributed by atoms with van der Waals surface area (Å²) in [5.74, 6) is 1.44. The van der Waals surface area contributed by atoms with Crippen LogP contribution < -0.4 is 10.5 Å². The first-order valence-corrected chi connectivity index (χ1v) is 11.2. The lowest BCUT2D eigenvalue weighted by atomic mass is 9.91. The highest BCUT2D eigenvalue weighted by Crippen LogP contribution is 2.34. The monoisotopic (exact) mass is 440 g/mol. The molecule has 2 aliphatic heterocycles. The molecule has 4 rings (SSSR count). The smallest absolute Gasteiger partial charge is 0.267 e. The van der Waals surface area contributed by atoms with Crippen molar-refractivity contribution >= 4 is 51.7 Å². The fourth-order valence-electron chi connectivity index (χ4n) is 4.21. The molecule has 0 spiro atoms. The molecule has 0 N–H and O–H groups in total. The number of nitrogens with zero attached hydrogens (tertiary/aromatic N) is 4. The molecule has 0 saturated carbocycles. The second-order valence-electron chi connectivity index (χ2n) is 8.02. The molecular weight excluding hydrogens is 416 g/mol. The van der Waals surface area contributed by atoms with Gasteiger partial charge in [-0.2, -0.15) is 0 Å². The van der Waals surface area contributed by atoms with E-state index in [0.717, 1.165) is 19.5 Å². The van der Waals surface area contributed by atoms with Crippen LogP contribution in [-0.2, 0) is 4.79 Å². The quantitative estimate of drug-likeness (QED) is 0.412. The van der Waals surface area contributed by atoms with Gasteiger partial charge in [0.1, 0.15) is 15.8 Å². The maximum atomic E-state index is 13.4. The zero-order valence-corrected chi connectivity index (χ0v) is 18.7. The van der Waals surface area contributed by atoms with Crippen LogP contribution in [-0.4, -0.2) is 44.1 Å². The molecule has 2 saturated heterocycles.